The molecule has 2 rings (SSSR count). The normalized spacial score (nSPS) is 10.4. The van der Waals surface area contributed by atoms with Crippen molar-refractivity contribution in [1.82, 2.24) is 4.98 Å². The minimum atomic E-state index is -0.286. The molecule has 1 heterocycles. The van der Waals surface area contributed by atoms with Crippen LogP contribution in [0.5, 0.6) is 0 Å². The monoisotopic (exact) mass is 251 g/mol. The summed E-state index contributed by atoms with van der Waals surface area (Å²) in [7, 11) is 0. The SMILES string of the molecule is CCOC(=O)CNc1nc2ccc(N)cc2s1. The molecule has 5 nitrogen and oxygen atoms in total. The third-order valence-corrected chi connectivity index (χ3v) is 3.08. The lowest BCUT2D eigenvalue weighted by atomic mass is 10.3. The maximum atomic E-state index is 11.2. The highest BCUT2D eigenvalue weighted by Gasteiger charge is 2.06. The highest BCUT2D eigenvalue weighted by molar-refractivity contribution is 7.22. The van der Waals surface area contributed by atoms with Crippen molar-refractivity contribution in [3.8, 4) is 0 Å². The van der Waals surface area contributed by atoms with E-state index in [9.17, 15) is 4.79 Å². The van der Waals surface area contributed by atoms with Gasteiger partial charge in [-0.05, 0) is 25.1 Å². The number of nitrogens with one attached hydrogen (secondary N) is 1. The molecule has 0 fully saturated rings. The molecule has 0 atom stereocenters. The number of fused-ring (bicyclic) bond motifs is 1. The second-order valence-electron chi connectivity index (χ2n) is 3.40. The van der Waals surface area contributed by atoms with Gasteiger partial charge in [0.05, 0.1) is 16.8 Å². The largest absolute Gasteiger partial charge is 0.465 e. The average molecular weight is 251 g/mol. The third kappa shape index (κ3) is 2.85. The molecule has 1 aromatic heterocycles. The van der Waals surface area contributed by atoms with Crippen LogP contribution in [0.2, 0.25) is 0 Å². The lowest BCUT2D eigenvalue weighted by Gasteiger charge is -2.01. The molecule has 0 unspecified atom stereocenters. The van der Waals surface area contributed by atoms with Crippen molar-refractivity contribution in [2.75, 3.05) is 24.2 Å². The average Bonchev–Trinajstić information content (AvgIpc) is 2.68. The highest BCUT2D eigenvalue weighted by Crippen LogP contribution is 2.27. The van der Waals surface area contributed by atoms with Gasteiger partial charge in [0.1, 0.15) is 6.54 Å². The number of aromatic nitrogens is 1. The summed E-state index contributed by atoms with van der Waals surface area (Å²) in [4.78, 5) is 15.5. The van der Waals surface area contributed by atoms with Crippen LogP contribution < -0.4 is 11.1 Å². The molecule has 0 radical (unpaired) electrons. The summed E-state index contributed by atoms with van der Waals surface area (Å²) < 4.78 is 5.81. The van der Waals surface area contributed by atoms with Crippen molar-refractivity contribution < 1.29 is 9.53 Å². The van der Waals surface area contributed by atoms with E-state index in [0.717, 1.165) is 10.2 Å². The van der Waals surface area contributed by atoms with Gasteiger partial charge in [-0.1, -0.05) is 11.3 Å². The minimum absolute atomic E-state index is 0.128. The van der Waals surface area contributed by atoms with Crippen molar-refractivity contribution in [2.45, 2.75) is 6.92 Å². The molecule has 0 aliphatic heterocycles. The minimum Gasteiger partial charge on any atom is -0.465 e. The number of esters is 1. The third-order valence-electron chi connectivity index (χ3n) is 2.10. The van der Waals surface area contributed by atoms with Gasteiger partial charge >= 0.3 is 5.97 Å². The summed E-state index contributed by atoms with van der Waals surface area (Å²) >= 11 is 1.46. The van der Waals surface area contributed by atoms with Gasteiger partial charge in [-0.2, -0.15) is 0 Å². The first-order chi connectivity index (χ1) is 8.19. The number of nitrogens with zero attached hydrogens (tertiary/aromatic N) is 1. The Balaban J connectivity index is 2.07. The molecule has 17 heavy (non-hydrogen) atoms. The molecule has 6 heteroatoms. The van der Waals surface area contributed by atoms with Crippen LogP contribution in [0.1, 0.15) is 6.92 Å². The van der Waals surface area contributed by atoms with E-state index in [2.05, 4.69) is 10.3 Å². The van der Waals surface area contributed by atoms with Gasteiger partial charge in [0.15, 0.2) is 5.13 Å². The molecule has 1 aromatic carbocycles. The number of thiazole rings is 1. The zero-order valence-electron chi connectivity index (χ0n) is 9.40. The van der Waals surface area contributed by atoms with Crippen LogP contribution in [-0.4, -0.2) is 24.1 Å². The molecule has 3 N–H and O–H groups in total. The number of nitrogens with two attached hydrogens (primary N) is 1. The van der Waals surface area contributed by atoms with Crippen molar-refractivity contribution in [2.24, 2.45) is 0 Å². The van der Waals surface area contributed by atoms with Crippen molar-refractivity contribution >= 4 is 38.3 Å². The van der Waals surface area contributed by atoms with Gasteiger partial charge in [-0.15, -0.1) is 0 Å². The molecule has 0 bridgehead atoms. The number of carbonyl (C=O) groups is 1. The zero-order chi connectivity index (χ0) is 12.3. The Morgan fingerprint density at radius 2 is 2.41 bits per heavy atom. The number of nitrogen functional groups attached to an aromatic ring is 1. The molecule has 0 amide bonds. The first-order valence-electron chi connectivity index (χ1n) is 5.24. The Kier molecular flexibility index (Phi) is 3.43. The van der Waals surface area contributed by atoms with Gasteiger partial charge in [0.25, 0.3) is 0 Å². The van der Waals surface area contributed by atoms with Crippen molar-refractivity contribution in [1.29, 1.82) is 0 Å². The number of anilines is 2. The fourth-order valence-electron chi connectivity index (χ4n) is 1.38. The fourth-order valence-corrected chi connectivity index (χ4v) is 2.29. The van der Waals surface area contributed by atoms with Crippen LogP contribution in [0.4, 0.5) is 10.8 Å². The summed E-state index contributed by atoms with van der Waals surface area (Å²) in [6, 6.07) is 5.52. The van der Waals surface area contributed by atoms with Crippen molar-refractivity contribution in [3.63, 3.8) is 0 Å². The van der Waals surface area contributed by atoms with Crippen LogP contribution in [0.15, 0.2) is 18.2 Å². The number of benzene rings is 1. The van der Waals surface area contributed by atoms with E-state index >= 15 is 0 Å². The van der Waals surface area contributed by atoms with E-state index in [1.165, 1.54) is 11.3 Å². The first-order valence-corrected chi connectivity index (χ1v) is 6.06. The van der Waals surface area contributed by atoms with Crippen LogP contribution in [0.25, 0.3) is 10.2 Å². The summed E-state index contributed by atoms with van der Waals surface area (Å²) in [5.74, 6) is -0.286. The van der Waals surface area contributed by atoms with E-state index in [4.69, 9.17) is 10.5 Å². The summed E-state index contributed by atoms with van der Waals surface area (Å²) in [6.45, 7) is 2.29. The molecule has 90 valence electrons. The molecule has 0 saturated heterocycles. The van der Waals surface area contributed by atoms with Gasteiger partial charge in [-0.3, -0.25) is 4.79 Å². The maximum Gasteiger partial charge on any atom is 0.325 e. The Morgan fingerprint density at radius 3 is 3.18 bits per heavy atom. The Morgan fingerprint density at radius 1 is 1.59 bits per heavy atom. The smallest absolute Gasteiger partial charge is 0.325 e. The summed E-state index contributed by atoms with van der Waals surface area (Å²) in [6.07, 6.45) is 0. The number of ether oxygens (including phenoxy) is 1. The van der Waals surface area contributed by atoms with Crippen LogP contribution in [-0.2, 0) is 9.53 Å². The van der Waals surface area contributed by atoms with Gasteiger partial charge < -0.3 is 15.8 Å². The molecule has 0 spiro atoms. The Hall–Kier alpha value is -1.82. The standard InChI is InChI=1S/C11H13N3O2S/c1-2-16-10(15)6-13-11-14-8-4-3-7(12)5-9(8)17-11/h3-5H,2,6,12H2,1H3,(H,13,14). The number of hydrogen-bond donors (Lipinski definition) is 2. The maximum absolute atomic E-state index is 11.2. The van der Waals surface area contributed by atoms with Crippen LogP contribution in [0.3, 0.4) is 0 Å². The van der Waals surface area contributed by atoms with E-state index in [-0.39, 0.29) is 12.5 Å². The van der Waals surface area contributed by atoms with Crippen molar-refractivity contribution in [3.05, 3.63) is 18.2 Å². The van der Waals surface area contributed by atoms with Gasteiger partial charge in [-0.25, -0.2) is 4.98 Å². The van der Waals surface area contributed by atoms with E-state index < -0.39 is 0 Å². The second kappa shape index (κ2) is 5.01. The molecule has 2 aromatic rings. The first kappa shape index (κ1) is 11.7. The molecular weight excluding hydrogens is 238 g/mol. The fraction of sp³-hybridized carbons (Fsp3) is 0.273. The van der Waals surface area contributed by atoms with Crippen LogP contribution in [0, 0.1) is 0 Å². The predicted octanol–water partition coefficient (Wildman–Crippen LogP) is 1.85. The molecule has 0 aliphatic carbocycles. The number of hydrogen-bond acceptors (Lipinski definition) is 6. The number of carbonyl (C=O) groups excluding carboxylic acids is 1. The van der Waals surface area contributed by atoms with E-state index in [0.29, 0.717) is 17.4 Å². The Bertz CT molecular complexity index is 538. The van der Waals surface area contributed by atoms with Gasteiger partial charge in [0, 0.05) is 5.69 Å². The molecule has 0 saturated carbocycles. The Labute approximate surface area is 103 Å². The number of rotatable bonds is 4. The predicted molar refractivity (Wildman–Crippen MR) is 69.2 cm³/mol. The van der Waals surface area contributed by atoms with Crippen LogP contribution >= 0.6 is 11.3 Å². The molecular formula is C11H13N3O2S. The van der Waals surface area contributed by atoms with Gasteiger partial charge in [0.2, 0.25) is 0 Å². The second-order valence-corrected chi connectivity index (χ2v) is 4.44. The summed E-state index contributed by atoms with van der Waals surface area (Å²) in [5, 5.41) is 3.62. The highest BCUT2D eigenvalue weighted by atomic mass is 32.1. The zero-order valence-corrected chi connectivity index (χ0v) is 10.2. The summed E-state index contributed by atoms with van der Waals surface area (Å²) in [5.41, 5.74) is 7.26. The quantitative estimate of drug-likeness (QED) is 0.640. The molecule has 0 aliphatic rings. The van der Waals surface area contributed by atoms with E-state index in [1.807, 2.05) is 12.1 Å². The van der Waals surface area contributed by atoms with E-state index in [1.54, 1.807) is 13.0 Å². The lowest BCUT2D eigenvalue weighted by molar-refractivity contribution is -0.140. The topological polar surface area (TPSA) is 77.2 Å². The lowest BCUT2D eigenvalue weighted by Crippen LogP contribution is -2.16.